The van der Waals surface area contributed by atoms with Crippen molar-refractivity contribution in [2.24, 2.45) is 5.73 Å². The van der Waals surface area contributed by atoms with E-state index in [1.165, 1.54) is 18.2 Å². The predicted octanol–water partition coefficient (Wildman–Crippen LogP) is -0.421. The van der Waals surface area contributed by atoms with Crippen LogP contribution in [-0.4, -0.2) is 33.1 Å². The molecule has 0 spiro atoms. The maximum absolute atomic E-state index is 13.6. The average molecular weight is 274 g/mol. The van der Waals surface area contributed by atoms with Crippen molar-refractivity contribution in [3.63, 3.8) is 0 Å². The molecule has 7 nitrogen and oxygen atoms in total. The molecular formula is C12H11FN6O. The van der Waals surface area contributed by atoms with Crippen LogP contribution in [0.3, 0.4) is 0 Å². The number of carbonyl (C=O) groups is 1. The molecule has 0 saturated heterocycles. The first-order valence-electron chi connectivity index (χ1n) is 5.69. The highest BCUT2D eigenvalue weighted by molar-refractivity contribution is 5.94. The number of nitrogens with two attached hydrogens (primary N) is 1. The van der Waals surface area contributed by atoms with Gasteiger partial charge in [0.05, 0.1) is 18.7 Å². The van der Waals surface area contributed by atoms with Gasteiger partial charge in [0, 0.05) is 5.56 Å². The standard InChI is InChI=1S/C12H11FN6O/c13-10-4-3-8(2-1-5-14)6-9(10)12(20)15-7-11-16-18-19-17-11/h3-4,6H,5,7,14H2,(H,15,20)(H,16,17,18,19). The number of carbonyl (C=O) groups excluding carboxylic acids is 1. The first-order valence-corrected chi connectivity index (χ1v) is 5.69. The third-order valence-electron chi connectivity index (χ3n) is 2.34. The van der Waals surface area contributed by atoms with Crippen molar-refractivity contribution in [3.05, 3.63) is 41.0 Å². The maximum Gasteiger partial charge on any atom is 0.254 e. The highest BCUT2D eigenvalue weighted by Gasteiger charge is 2.12. The topological polar surface area (TPSA) is 110 Å². The Morgan fingerprint density at radius 2 is 2.35 bits per heavy atom. The lowest BCUT2D eigenvalue weighted by Crippen LogP contribution is -2.24. The van der Waals surface area contributed by atoms with E-state index >= 15 is 0 Å². The Bertz CT molecular complexity index is 658. The third-order valence-corrected chi connectivity index (χ3v) is 2.34. The van der Waals surface area contributed by atoms with E-state index in [0.717, 1.165) is 0 Å². The van der Waals surface area contributed by atoms with Crippen LogP contribution in [0.1, 0.15) is 21.7 Å². The lowest BCUT2D eigenvalue weighted by molar-refractivity contribution is 0.0946. The average Bonchev–Trinajstić information content (AvgIpc) is 2.97. The number of halogens is 1. The number of nitrogens with zero attached hydrogens (tertiary/aromatic N) is 3. The van der Waals surface area contributed by atoms with E-state index in [2.05, 4.69) is 37.8 Å². The summed E-state index contributed by atoms with van der Waals surface area (Å²) in [5, 5.41) is 15.4. The Balaban J connectivity index is 2.12. The molecule has 4 N–H and O–H groups in total. The van der Waals surface area contributed by atoms with E-state index < -0.39 is 11.7 Å². The van der Waals surface area contributed by atoms with Gasteiger partial charge in [-0.3, -0.25) is 4.79 Å². The van der Waals surface area contributed by atoms with Crippen molar-refractivity contribution in [1.82, 2.24) is 25.9 Å². The quantitative estimate of drug-likeness (QED) is 0.658. The molecular weight excluding hydrogens is 263 g/mol. The van der Waals surface area contributed by atoms with E-state index in [1.54, 1.807) is 0 Å². The number of hydrogen-bond donors (Lipinski definition) is 3. The molecule has 0 aliphatic heterocycles. The van der Waals surface area contributed by atoms with Gasteiger partial charge < -0.3 is 11.1 Å². The smallest absolute Gasteiger partial charge is 0.254 e. The zero-order chi connectivity index (χ0) is 14.4. The molecule has 1 heterocycles. The number of amides is 1. The molecule has 0 fully saturated rings. The zero-order valence-electron chi connectivity index (χ0n) is 10.4. The molecule has 1 aromatic carbocycles. The summed E-state index contributed by atoms with van der Waals surface area (Å²) < 4.78 is 13.6. The van der Waals surface area contributed by atoms with Crippen molar-refractivity contribution in [1.29, 1.82) is 0 Å². The normalized spacial score (nSPS) is 9.70. The second kappa shape index (κ2) is 6.40. The number of aromatic amines is 1. The number of aromatic nitrogens is 4. The summed E-state index contributed by atoms with van der Waals surface area (Å²) >= 11 is 0. The fraction of sp³-hybridized carbons (Fsp3) is 0.167. The summed E-state index contributed by atoms with van der Waals surface area (Å²) in [6.07, 6.45) is 0. The Kier molecular flexibility index (Phi) is 4.36. The lowest BCUT2D eigenvalue weighted by atomic mass is 10.1. The van der Waals surface area contributed by atoms with Crippen molar-refractivity contribution in [2.75, 3.05) is 6.54 Å². The minimum absolute atomic E-state index is 0.0491. The Labute approximate surface area is 113 Å². The molecule has 2 aromatic rings. The second-order valence-electron chi connectivity index (χ2n) is 3.71. The van der Waals surface area contributed by atoms with Crippen molar-refractivity contribution >= 4 is 5.91 Å². The van der Waals surface area contributed by atoms with E-state index in [9.17, 15) is 9.18 Å². The number of nitrogens with one attached hydrogen (secondary N) is 2. The SMILES string of the molecule is NCC#Cc1ccc(F)c(C(=O)NCc2nn[nH]n2)c1. The monoisotopic (exact) mass is 274 g/mol. The fourth-order valence-electron chi connectivity index (χ4n) is 1.44. The second-order valence-corrected chi connectivity index (χ2v) is 3.71. The van der Waals surface area contributed by atoms with Crippen LogP contribution in [0, 0.1) is 17.7 Å². The molecule has 102 valence electrons. The van der Waals surface area contributed by atoms with Crippen LogP contribution < -0.4 is 11.1 Å². The van der Waals surface area contributed by atoms with Crippen LogP contribution in [0.2, 0.25) is 0 Å². The summed E-state index contributed by atoms with van der Waals surface area (Å²) in [5.74, 6) is 4.46. The van der Waals surface area contributed by atoms with Crippen molar-refractivity contribution < 1.29 is 9.18 Å². The van der Waals surface area contributed by atoms with E-state index in [4.69, 9.17) is 5.73 Å². The number of benzene rings is 1. The fourth-order valence-corrected chi connectivity index (χ4v) is 1.44. The molecule has 0 saturated carbocycles. The summed E-state index contributed by atoms with van der Waals surface area (Å²) in [6.45, 7) is 0.240. The number of tetrazole rings is 1. The van der Waals surface area contributed by atoms with E-state index in [-0.39, 0.29) is 18.7 Å². The van der Waals surface area contributed by atoms with Gasteiger partial charge in [-0.15, -0.1) is 10.2 Å². The molecule has 8 heteroatoms. The predicted molar refractivity (Wildman–Crippen MR) is 67.7 cm³/mol. The molecule has 1 amide bonds. The molecule has 0 bridgehead atoms. The van der Waals surface area contributed by atoms with Crippen LogP contribution in [0.5, 0.6) is 0 Å². The summed E-state index contributed by atoms with van der Waals surface area (Å²) in [7, 11) is 0. The van der Waals surface area contributed by atoms with Crippen molar-refractivity contribution in [2.45, 2.75) is 6.54 Å². The number of hydrogen-bond acceptors (Lipinski definition) is 5. The van der Waals surface area contributed by atoms with Crippen molar-refractivity contribution in [3.8, 4) is 11.8 Å². The molecule has 2 rings (SSSR count). The first kappa shape index (κ1) is 13.6. The summed E-state index contributed by atoms with van der Waals surface area (Å²) in [4.78, 5) is 11.9. The zero-order valence-corrected chi connectivity index (χ0v) is 10.4. The van der Waals surface area contributed by atoms with Crippen LogP contribution in [0.25, 0.3) is 0 Å². The Hall–Kier alpha value is -2.79. The molecule has 1 aromatic heterocycles. The van der Waals surface area contributed by atoms with Gasteiger partial charge in [0.2, 0.25) is 0 Å². The number of rotatable bonds is 3. The maximum atomic E-state index is 13.6. The Morgan fingerprint density at radius 1 is 1.50 bits per heavy atom. The van der Waals surface area contributed by atoms with Gasteiger partial charge in [-0.25, -0.2) is 4.39 Å². The minimum Gasteiger partial charge on any atom is -0.344 e. The Morgan fingerprint density at radius 3 is 3.05 bits per heavy atom. The van der Waals surface area contributed by atoms with E-state index in [1.807, 2.05) is 0 Å². The summed E-state index contributed by atoms with van der Waals surface area (Å²) in [6, 6.07) is 4.03. The summed E-state index contributed by atoms with van der Waals surface area (Å²) in [5.41, 5.74) is 5.67. The van der Waals surface area contributed by atoms with Gasteiger partial charge in [-0.05, 0) is 18.2 Å². The molecule has 0 unspecified atom stereocenters. The van der Waals surface area contributed by atoms with Crippen LogP contribution >= 0.6 is 0 Å². The van der Waals surface area contributed by atoms with Crippen LogP contribution in [0.4, 0.5) is 4.39 Å². The van der Waals surface area contributed by atoms with Crippen LogP contribution in [-0.2, 0) is 6.54 Å². The highest BCUT2D eigenvalue weighted by Crippen LogP contribution is 2.10. The van der Waals surface area contributed by atoms with Gasteiger partial charge in [-0.1, -0.05) is 17.1 Å². The minimum atomic E-state index is -0.631. The first-order chi connectivity index (χ1) is 9.70. The molecule has 0 atom stereocenters. The largest absolute Gasteiger partial charge is 0.344 e. The van der Waals surface area contributed by atoms with Gasteiger partial charge in [-0.2, -0.15) is 5.21 Å². The van der Waals surface area contributed by atoms with Gasteiger partial charge >= 0.3 is 0 Å². The molecule has 0 radical (unpaired) electrons. The highest BCUT2D eigenvalue weighted by atomic mass is 19.1. The molecule has 0 aliphatic carbocycles. The number of H-pyrrole nitrogens is 1. The third kappa shape index (κ3) is 3.37. The van der Waals surface area contributed by atoms with Gasteiger partial charge in [0.25, 0.3) is 5.91 Å². The van der Waals surface area contributed by atoms with Crippen LogP contribution in [0.15, 0.2) is 18.2 Å². The van der Waals surface area contributed by atoms with Gasteiger partial charge in [0.15, 0.2) is 5.82 Å². The molecule has 0 aliphatic rings. The van der Waals surface area contributed by atoms with Gasteiger partial charge in [0.1, 0.15) is 5.82 Å². The lowest BCUT2D eigenvalue weighted by Gasteiger charge is -2.04. The molecule has 20 heavy (non-hydrogen) atoms. The van der Waals surface area contributed by atoms with E-state index in [0.29, 0.717) is 11.4 Å².